The number of rotatable bonds is 2. The first-order chi connectivity index (χ1) is 9.76. The Bertz CT molecular complexity index is 673. The zero-order valence-electron chi connectivity index (χ0n) is 12.8. The minimum Gasteiger partial charge on any atom is -0.456 e. The lowest BCUT2D eigenvalue weighted by Gasteiger charge is -2.19. The van der Waals surface area contributed by atoms with E-state index in [1.165, 1.54) is 0 Å². The summed E-state index contributed by atoms with van der Waals surface area (Å²) < 4.78 is 5.38. The smallest absolute Gasteiger partial charge is 0.338 e. The third-order valence-electron chi connectivity index (χ3n) is 2.89. The van der Waals surface area contributed by atoms with Crippen LogP contribution in [0.25, 0.3) is 11.3 Å². The first-order valence-electron chi connectivity index (χ1n) is 6.83. The SMILES string of the molecule is C.Cc1ccc(N)nc1-c1cccc(C(=O)OC(C)(C)C)c1. The predicted octanol–water partition coefficient (Wildman–Crippen LogP) is 4.23. The topological polar surface area (TPSA) is 65.2 Å². The standard InChI is InChI=1S/C17H20N2O2.CH4/c1-11-8-9-14(18)19-15(11)12-6-5-7-13(10-12)16(20)21-17(2,3)4;/h5-10H,1-4H3,(H2,18,19);1H4. The number of nitrogen functional groups attached to an aromatic ring is 1. The van der Waals surface area contributed by atoms with Gasteiger partial charge < -0.3 is 10.5 Å². The van der Waals surface area contributed by atoms with E-state index in [-0.39, 0.29) is 13.4 Å². The normalized spacial score (nSPS) is 10.7. The molecule has 118 valence electrons. The number of ether oxygens (including phenoxy) is 1. The number of hydrogen-bond acceptors (Lipinski definition) is 4. The van der Waals surface area contributed by atoms with Crippen LogP contribution in [-0.2, 0) is 4.74 Å². The molecule has 0 aliphatic carbocycles. The van der Waals surface area contributed by atoms with Crippen LogP contribution >= 0.6 is 0 Å². The van der Waals surface area contributed by atoms with Crippen LogP contribution in [0.4, 0.5) is 5.82 Å². The largest absolute Gasteiger partial charge is 0.456 e. The van der Waals surface area contributed by atoms with E-state index >= 15 is 0 Å². The molecule has 0 atom stereocenters. The quantitative estimate of drug-likeness (QED) is 0.843. The Labute approximate surface area is 132 Å². The molecule has 1 aromatic heterocycles. The van der Waals surface area contributed by atoms with Crippen LogP contribution in [0.15, 0.2) is 36.4 Å². The maximum Gasteiger partial charge on any atom is 0.338 e. The second kappa shape index (κ2) is 6.60. The van der Waals surface area contributed by atoms with E-state index in [2.05, 4.69) is 4.98 Å². The fourth-order valence-corrected chi connectivity index (χ4v) is 1.97. The lowest BCUT2D eigenvalue weighted by Crippen LogP contribution is -2.23. The highest BCUT2D eigenvalue weighted by molar-refractivity contribution is 5.91. The monoisotopic (exact) mass is 300 g/mol. The van der Waals surface area contributed by atoms with Gasteiger partial charge in [-0.15, -0.1) is 0 Å². The highest BCUT2D eigenvalue weighted by Crippen LogP contribution is 2.24. The summed E-state index contributed by atoms with van der Waals surface area (Å²) in [5, 5.41) is 0. The Hall–Kier alpha value is -2.36. The predicted molar refractivity (Wildman–Crippen MR) is 90.7 cm³/mol. The van der Waals surface area contributed by atoms with Crippen molar-refractivity contribution in [2.45, 2.75) is 40.7 Å². The van der Waals surface area contributed by atoms with Crippen molar-refractivity contribution in [1.29, 1.82) is 0 Å². The van der Waals surface area contributed by atoms with Crippen molar-refractivity contribution in [3.05, 3.63) is 47.5 Å². The van der Waals surface area contributed by atoms with Gasteiger partial charge in [-0.25, -0.2) is 9.78 Å². The lowest BCUT2D eigenvalue weighted by molar-refractivity contribution is 0.00696. The lowest BCUT2D eigenvalue weighted by atomic mass is 10.0. The molecular formula is C18H24N2O2. The van der Waals surface area contributed by atoms with E-state index in [1.807, 2.05) is 45.9 Å². The van der Waals surface area contributed by atoms with Crippen LogP contribution in [-0.4, -0.2) is 16.6 Å². The number of carbonyl (C=O) groups is 1. The summed E-state index contributed by atoms with van der Waals surface area (Å²) >= 11 is 0. The van der Waals surface area contributed by atoms with E-state index in [9.17, 15) is 4.79 Å². The Balaban J connectivity index is 0.00000242. The number of anilines is 1. The summed E-state index contributed by atoms with van der Waals surface area (Å²) in [4.78, 5) is 16.5. The maximum absolute atomic E-state index is 12.1. The zero-order valence-corrected chi connectivity index (χ0v) is 12.8. The molecule has 0 spiro atoms. The van der Waals surface area contributed by atoms with E-state index < -0.39 is 5.60 Å². The molecule has 0 unspecified atom stereocenters. The fraction of sp³-hybridized carbons (Fsp3) is 0.333. The van der Waals surface area contributed by atoms with E-state index in [1.54, 1.807) is 18.2 Å². The molecule has 0 amide bonds. The van der Waals surface area contributed by atoms with Gasteiger partial charge in [0.25, 0.3) is 0 Å². The number of pyridine rings is 1. The summed E-state index contributed by atoms with van der Waals surface area (Å²) in [5.74, 6) is 0.115. The van der Waals surface area contributed by atoms with E-state index in [0.717, 1.165) is 16.8 Å². The molecule has 0 aliphatic rings. The molecule has 2 aromatic rings. The second-order valence-corrected chi connectivity index (χ2v) is 5.98. The number of nitrogens with zero attached hydrogens (tertiary/aromatic N) is 1. The molecule has 4 heteroatoms. The van der Waals surface area contributed by atoms with Gasteiger partial charge in [-0.3, -0.25) is 0 Å². The molecule has 0 bridgehead atoms. The first-order valence-corrected chi connectivity index (χ1v) is 6.83. The summed E-state index contributed by atoms with van der Waals surface area (Å²) in [6.07, 6.45) is 0. The van der Waals surface area contributed by atoms with Gasteiger partial charge in [0.1, 0.15) is 11.4 Å². The van der Waals surface area contributed by atoms with Crippen LogP contribution in [0.5, 0.6) is 0 Å². The third kappa shape index (κ3) is 4.32. The Kier molecular flexibility index (Phi) is 5.31. The number of aromatic nitrogens is 1. The molecule has 4 nitrogen and oxygen atoms in total. The highest BCUT2D eigenvalue weighted by atomic mass is 16.6. The number of esters is 1. The molecule has 2 rings (SSSR count). The van der Waals surface area contributed by atoms with Gasteiger partial charge in [0, 0.05) is 5.56 Å². The van der Waals surface area contributed by atoms with Crippen LogP contribution in [0.2, 0.25) is 0 Å². The van der Waals surface area contributed by atoms with Crippen molar-refractivity contribution in [3.8, 4) is 11.3 Å². The summed E-state index contributed by atoms with van der Waals surface area (Å²) in [6.45, 7) is 7.50. The molecule has 0 aliphatic heterocycles. The van der Waals surface area contributed by atoms with E-state index in [0.29, 0.717) is 11.4 Å². The van der Waals surface area contributed by atoms with Gasteiger partial charge in [0.2, 0.25) is 0 Å². The third-order valence-corrected chi connectivity index (χ3v) is 2.89. The average molecular weight is 300 g/mol. The Morgan fingerprint density at radius 2 is 1.86 bits per heavy atom. The van der Waals surface area contributed by atoms with Crippen LogP contribution < -0.4 is 5.73 Å². The molecule has 2 N–H and O–H groups in total. The molecule has 0 saturated carbocycles. The van der Waals surface area contributed by atoms with Gasteiger partial charge in [-0.1, -0.05) is 25.6 Å². The molecule has 0 radical (unpaired) electrons. The van der Waals surface area contributed by atoms with Crippen molar-refractivity contribution in [3.63, 3.8) is 0 Å². The van der Waals surface area contributed by atoms with Gasteiger partial charge in [0.15, 0.2) is 0 Å². The van der Waals surface area contributed by atoms with Crippen LogP contribution in [0, 0.1) is 6.92 Å². The van der Waals surface area contributed by atoms with E-state index in [4.69, 9.17) is 10.5 Å². The summed E-state index contributed by atoms with van der Waals surface area (Å²) in [5.41, 5.74) is 8.37. The average Bonchev–Trinajstić information content (AvgIpc) is 2.40. The minimum absolute atomic E-state index is 0. The molecular weight excluding hydrogens is 276 g/mol. The Morgan fingerprint density at radius 3 is 2.50 bits per heavy atom. The van der Waals surface area contributed by atoms with Crippen molar-refractivity contribution < 1.29 is 9.53 Å². The highest BCUT2D eigenvalue weighted by Gasteiger charge is 2.18. The van der Waals surface area contributed by atoms with Crippen molar-refractivity contribution >= 4 is 11.8 Å². The molecule has 0 fully saturated rings. The van der Waals surface area contributed by atoms with Gasteiger partial charge in [-0.2, -0.15) is 0 Å². The zero-order chi connectivity index (χ0) is 15.6. The van der Waals surface area contributed by atoms with Crippen LogP contribution in [0.1, 0.15) is 44.1 Å². The number of benzene rings is 1. The fourth-order valence-electron chi connectivity index (χ4n) is 1.97. The first kappa shape index (κ1) is 17.7. The number of hydrogen-bond donors (Lipinski definition) is 1. The van der Waals surface area contributed by atoms with Crippen molar-refractivity contribution in [2.75, 3.05) is 5.73 Å². The molecule has 0 saturated heterocycles. The number of nitrogens with two attached hydrogens (primary N) is 1. The molecule has 1 heterocycles. The van der Waals surface area contributed by atoms with Crippen molar-refractivity contribution in [2.24, 2.45) is 0 Å². The van der Waals surface area contributed by atoms with Gasteiger partial charge in [-0.05, 0) is 51.5 Å². The molecule has 1 aromatic carbocycles. The second-order valence-electron chi connectivity index (χ2n) is 5.98. The summed E-state index contributed by atoms with van der Waals surface area (Å²) in [7, 11) is 0. The van der Waals surface area contributed by atoms with Gasteiger partial charge in [0.05, 0.1) is 11.3 Å². The maximum atomic E-state index is 12.1. The Morgan fingerprint density at radius 1 is 1.18 bits per heavy atom. The minimum atomic E-state index is -0.515. The van der Waals surface area contributed by atoms with Crippen LogP contribution in [0.3, 0.4) is 0 Å². The van der Waals surface area contributed by atoms with Gasteiger partial charge >= 0.3 is 5.97 Å². The number of carbonyl (C=O) groups excluding carboxylic acids is 1. The van der Waals surface area contributed by atoms with Crippen molar-refractivity contribution in [1.82, 2.24) is 4.98 Å². The summed E-state index contributed by atoms with van der Waals surface area (Å²) in [6, 6.07) is 10.9. The number of aryl methyl sites for hydroxylation is 1. The molecule has 22 heavy (non-hydrogen) atoms.